The summed E-state index contributed by atoms with van der Waals surface area (Å²) in [6, 6.07) is 0. The number of hydrogen-bond donors (Lipinski definition) is 1. The van der Waals surface area contributed by atoms with Gasteiger partial charge in [-0.05, 0) is 13.8 Å². The molecular formula is C11H15N5O. The summed E-state index contributed by atoms with van der Waals surface area (Å²) in [6.07, 6.45) is 5.06. The van der Waals surface area contributed by atoms with E-state index in [4.69, 9.17) is 0 Å². The van der Waals surface area contributed by atoms with Crippen LogP contribution in [0.1, 0.15) is 23.0 Å². The molecule has 90 valence electrons. The summed E-state index contributed by atoms with van der Waals surface area (Å²) in [7, 11) is 1.82. The van der Waals surface area contributed by atoms with Crippen LogP contribution >= 0.6 is 0 Å². The highest BCUT2D eigenvalue weighted by molar-refractivity contribution is 6.04. The molecule has 6 heteroatoms. The summed E-state index contributed by atoms with van der Waals surface area (Å²) in [5.41, 5.74) is 2.07. The van der Waals surface area contributed by atoms with E-state index in [0.717, 1.165) is 17.9 Å². The van der Waals surface area contributed by atoms with Crippen molar-refractivity contribution in [2.75, 3.05) is 5.32 Å². The van der Waals surface area contributed by atoms with Crippen molar-refractivity contribution in [3.63, 3.8) is 0 Å². The van der Waals surface area contributed by atoms with E-state index in [9.17, 15) is 4.79 Å². The number of anilines is 1. The lowest BCUT2D eigenvalue weighted by molar-refractivity contribution is 0.102. The summed E-state index contributed by atoms with van der Waals surface area (Å²) in [5.74, 6) is -0.166. The normalized spacial score (nSPS) is 10.5. The molecule has 0 aliphatic heterocycles. The fourth-order valence-corrected chi connectivity index (χ4v) is 1.57. The van der Waals surface area contributed by atoms with Gasteiger partial charge in [-0.1, -0.05) is 0 Å². The van der Waals surface area contributed by atoms with Crippen molar-refractivity contribution in [1.29, 1.82) is 0 Å². The van der Waals surface area contributed by atoms with Crippen LogP contribution in [0.4, 0.5) is 5.69 Å². The smallest absolute Gasteiger partial charge is 0.258 e. The van der Waals surface area contributed by atoms with Gasteiger partial charge in [0.05, 0.1) is 23.1 Å². The minimum atomic E-state index is -0.166. The summed E-state index contributed by atoms with van der Waals surface area (Å²) >= 11 is 0. The van der Waals surface area contributed by atoms with Crippen molar-refractivity contribution in [1.82, 2.24) is 19.6 Å². The van der Waals surface area contributed by atoms with Crippen molar-refractivity contribution in [2.45, 2.75) is 20.4 Å². The molecule has 2 aromatic rings. The van der Waals surface area contributed by atoms with Crippen LogP contribution < -0.4 is 5.32 Å². The zero-order valence-electron chi connectivity index (χ0n) is 10.1. The van der Waals surface area contributed by atoms with Crippen molar-refractivity contribution < 1.29 is 4.79 Å². The van der Waals surface area contributed by atoms with Crippen LogP contribution in [0.25, 0.3) is 0 Å². The molecule has 2 rings (SSSR count). The Bertz CT molecular complexity index is 540. The van der Waals surface area contributed by atoms with Crippen molar-refractivity contribution >= 4 is 11.6 Å². The lowest BCUT2D eigenvalue weighted by Gasteiger charge is -2.00. The molecule has 2 aromatic heterocycles. The van der Waals surface area contributed by atoms with Gasteiger partial charge in [-0.2, -0.15) is 10.2 Å². The lowest BCUT2D eigenvalue weighted by atomic mass is 10.3. The number of rotatable bonds is 3. The van der Waals surface area contributed by atoms with E-state index in [1.807, 2.05) is 20.9 Å². The molecule has 0 saturated heterocycles. The predicted octanol–water partition coefficient (Wildman–Crippen LogP) is 1.20. The van der Waals surface area contributed by atoms with E-state index in [-0.39, 0.29) is 5.91 Å². The Morgan fingerprint density at radius 1 is 1.47 bits per heavy atom. The van der Waals surface area contributed by atoms with Gasteiger partial charge < -0.3 is 5.32 Å². The average molecular weight is 233 g/mol. The number of aryl methyl sites for hydroxylation is 3. The quantitative estimate of drug-likeness (QED) is 0.866. The van der Waals surface area contributed by atoms with Gasteiger partial charge in [0, 0.05) is 26.0 Å². The minimum Gasteiger partial charge on any atom is -0.319 e. The third kappa shape index (κ3) is 2.35. The van der Waals surface area contributed by atoms with E-state index < -0.39 is 0 Å². The summed E-state index contributed by atoms with van der Waals surface area (Å²) < 4.78 is 3.38. The molecule has 17 heavy (non-hydrogen) atoms. The van der Waals surface area contributed by atoms with Crippen LogP contribution in [0, 0.1) is 6.92 Å². The molecular weight excluding hydrogens is 218 g/mol. The first-order valence-electron chi connectivity index (χ1n) is 5.44. The number of aromatic nitrogens is 4. The maximum Gasteiger partial charge on any atom is 0.258 e. The Kier molecular flexibility index (Phi) is 2.95. The highest BCUT2D eigenvalue weighted by Gasteiger charge is 2.11. The second-order valence-corrected chi connectivity index (χ2v) is 3.84. The topological polar surface area (TPSA) is 64.7 Å². The molecule has 1 amide bonds. The van der Waals surface area contributed by atoms with E-state index in [2.05, 4.69) is 15.5 Å². The van der Waals surface area contributed by atoms with Gasteiger partial charge in [-0.3, -0.25) is 14.2 Å². The molecule has 2 heterocycles. The third-order valence-electron chi connectivity index (χ3n) is 2.48. The van der Waals surface area contributed by atoms with Crippen LogP contribution in [0.15, 0.2) is 18.6 Å². The minimum absolute atomic E-state index is 0.166. The van der Waals surface area contributed by atoms with E-state index >= 15 is 0 Å². The zero-order valence-corrected chi connectivity index (χ0v) is 10.1. The highest BCUT2D eigenvalue weighted by atomic mass is 16.1. The second kappa shape index (κ2) is 4.40. The van der Waals surface area contributed by atoms with E-state index in [0.29, 0.717) is 5.56 Å². The first kappa shape index (κ1) is 11.4. The van der Waals surface area contributed by atoms with Crippen LogP contribution in [0.3, 0.4) is 0 Å². The predicted molar refractivity (Wildman–Crippen MR) is 63.8 cm³/mol. The summed E-state index contributed by atoms with van der Waals surface area (Å²) in [5, 5.41) is 11.0. The van der Waals surface area contributed by atoms with Gasteiger partial charge in [0.2, 0.25) is 0 Å². The van der Waals surface area contributed by atoms with Crippen LogP contribution in [-0.2, 0) is 13.6 Å². The lowest BCUT2D eigenvalue weighted by Crippen LogP contribution is -2.11. The van der Waals surface area contributed by atoms with Crippen molar-refractivity contribution in [2.24, 2.45) is 7.05 Å². The molecule has 0 aromatic carbocycles. The first-order chi connectivity index (χ1) is 8.10. The van der Waals surface area contributed by atoms with Gasteiger partial charge in [0.15, 0.2) is 0 Å². The SMILES string of the molecule is CCn1cc(C(=O)Nc2cn(C)nc2C)cn1. The Hall–Kier alpha value is -2.11. The van der Waals surface area contributed by atoms with Crippen LogP contribution in [0.2, 0.25) is 0 Å². The summed E-state index contributed by atoms with van der Waals surface area (Å²) in [4.78, 5) is 11.9. The van der Waals surface area contributed by atoms with Gasteiger partial charge in [0.1, 0.15) is 0 Å². The van der Waals surface area contributed by atoms with E-state index in [1.54, 1.807) is 28.0 Å². The number of carbonyl (C=O) groups excluding carboxylic acids is 1. The number of hydrogen-bond acceptors (Lipinski definition) is 3. The van der Waals surface area contributed by atoms with Gasteiger partial charge >= 0.3 is 0 Å². The first-order valence-corrected chi connectivity index (χ1v) is 5.44. The van der Waals surface area contributed by atoms with Gasteiger partial charge in [-0.25, -0.2) is 0 Å². The van der Waals surface area contributed by atoms with Crippen LogP contribution in [-0.4, -0.2) is 25.5 Å². The maximum atomic E-state index is 11.9. The molecule has 0 spiro atoms. The molecule has 6 nitrogen and oxygen atoms in total. The van der Waals surface area contributed by atoms with Crippen molar-refractivity contribution in [3.05, 3.63) is 29.8 Å². The Labute approximate surface area is 99.2 Å². The third-order valence-corrected chi connectivity index (χ3v) is 2.48. The molecule has 0 saturated carbocycles. The highest BCUT2D eigenvalue weighted by Crippen LogP contribution is 2.12. The molecule has 0 bridgehead atoms. The number of nitrogens with zero attached hydrogens (tertiary/aromatic N) is 4. The maximum absolute atomic E-state index is 11.9. The second-order valence-electron chi connectivity index (χ2n) is 3.84. The molecule has 0 radical (unpaired) electrons. The number of nitrogens with one attached hydrogen (secondary N) is 1. The molecule has 0 fully saturated rings. The fourth-order valence-electron chi connectivity index (χ4n) is 1.57. The van der Waals surface area contributed by atoms with Gasteiger partial charge in [-0.15, -0.1) is 0 Å². The molecule has 0 unspecified atom stereocenters. The standard InChI is InChI=1S/C11H15N5O/c1-4-16-6-9(5-12-16)11(17)13-10-7-15(3)14-8(10)2/h5-7H,4H2,1-3H3,(H,13,17). The van der Waals surface area contributed by atoms with Crippen LogP contribution in [0.5, 0.6) is 0 Å². The molecule has 0 aliphatic carbocycles. The van der Waals surface area contributed by atoms with Crippen molar-refractivity contribution in [3.8, 4) is 0 Å². The Morgan fingerprint density at radius 2 is 2.24 bits per heavy atom. The van der Waals surface area contributed by atoms with E-state index in [1.165, 1.54) is 0 Å². The summed E-state index contributed by atoms with van der Waals surface area (Å²) in [6.45, 7) is 4.57. The zero-order chi connectivity index (χ0) is 12.4. The fraction of sp³-hybridized carbons (Fsp3) is 0.364. The Morgan fingerprint density at radius 3 is 2.76 bits per heavy atom. The molecule has 0 atom stereocenters. The number of amides is 1. The molecule has 1 N–H and O–H groups in total. The Balaban J connectivity index is 2.14. The number of carbonyl (C=O) groups is 1. The molecule has 0 aliphatic rings. The van der Waals surface area contributed by atoms with Gasteiger partial charge in [0.25, 0.3) is 5.91 Å². The monoisotopic (exact) mass is 233 g/mol. The largest absolute Gasteiger partial charge is 0.319 e. The average Bonchev–Trinajstić information content (AvgIpc) is 2.86.